The molecule has 0 aliphatic heterocycles. The molecule has 0 fully saturated rings. The number of nitrogens with one attached hydrogen (secondary N) is 1. The van der Waals surface area contributed by atoms with Crippen molar-refractivity contribution < 1.29 is 22.4 Å². The molecule has 40 heavy (non-hydrogen) atoms. The molecular formula is C30H35ClFN3O4S. The second-order valence-electron chi connectivity index (χ2n) is 9.97. The van der Waals surface area contributed by atoms with Crippen molar-refractivity contribution in [2.45, 2.75) is 51.6 Å². The van der Waals surface area contributed by atoms with E-state index in [1.807, 2.05) is 13.8 Å². The van der Waals surface area contributed by atoms with Crippen LogP contribution in [0.1, 0.15) is 38.3 Å². The van der Waals surface area contributed by atoms with Crippen LogP contribution in [-0.4, -0.2) is 44.3 Å². The summed E-state index contributed by atoms with van der Waals surface area (Å²) in [6.07, 6.45) is 0.290. The first-order valence-corrected chi connectivity index (χ1v) is 14.9. The van der Waals surface area contributed by atoms with Crippen molar-refractivity contribution in [1.29, 1.82) is 0 Å². The van der Waals surface area contributed by atoms with Crippen LogP contribution < -0.4 is 9.62 Å². The van der Waals surface area contributed by atoms with Gasteiger partial charge in [-0.05, 0) is 66.8 Å². The third-order valence-corrected chi connectivity index (χ3v) is 8.59. The van der Waals surface area contributed by atoms with Crippen LogP contribution >= 0.6 is 11.6 Å². The van der Waals surface area contributed by atoms with Gasteiger partial charge in [-0.3, -0.25) is 13.9 Å². The zero-order valence-electron chi connectivity index (χ0n) is 23.1. The van der Waals surface area contributed by atoms with Gasteiger partial charge in [0, 0.05) is 18.1 Å². The highest BCUT2D eigenvalue weighted by molar-refractivity contribution is 7.92. The van der Waals surface area contributed by atoms with Crippen molar-refractivity contribution >= 4 is 39.1 Å². The summed E-state index contributed by atoms with van der Waals surface area (Å²) >= 11 is 6.35. The van der Waals surface area contributed by atoms with Crippen LogP contribution in [0.2, 0.25) is 5.02 Å². The standard InChI is InChI=1S/C30H35ClFN3O4S/c1-5-28(30(37)33-18-21(2)3)34(19-23-12-14-24(32)15-13-23)29(36)20-35(25-16-11-22(4)27(31)17-25)40(38,39)26-9-7-6-8-10-26/h6-17,21,28H,5,18-20H2,1-4H3,(H,33,37)/t28-/m1/s1. The second kappa shape index (κ2) is 13.8. The number of anilines is 1. The van der Waals surface area contributed by atoms with Gasteiger partial charge in [-0.15, -0.1) is 0 Å². The molecule has 3 aromatic rings. The second-order valence-corrected chi connectivity index (χ2v) is 12.2. The van der Waals surface area contributed by atoms with E-state index in [1.165, 1.54) is 47.4 Å². The summed E-state index contributed by atoms with van der Waals surface area (Å²) in [6, 6.07) is 17.3. The van der Waals surface area contributed by atoms with E-state index in [0.29, 0.717) is 23.6 Å². The molecule has 0 heterocycles. The molecular weight excluding hydrogens is 553 g/mol. The van der Waals surface area contributed by atoms with Gasteiger partial charge in [-0.2, -0.15) is 0 Å². The lowest BCUT2D eigenvalue weighted by Crippen LogP contribution is -2.52. The Morgan fingerprint density at radius 1 is 1.00 bits per heavy atom. The Kier molecular flexibility index (Phi) is 10.7. The largest absolute Gasteiger partial charge is 0.354 e. The normalized spacial score (nSPS) is 12.2. The Balaban J connectivity index is 2.05. The summed E-state index contributed by atoms with van der Waals surface area (Å²) in [7, 11) is -4.19. The maximum Gasteiger partial charge on any atom is 0.264 e. The average Bonchev–Trinajstić information content (AvgIpc) is 2.93. The van der Waals surface area contributed by atoms with E-state index in [9.17, 15) is 22.4 Å². The molecule has 214 valence electrons. The van der Waals surface area contributed by atoms with E-state index in [-0.39, 0.29) is 29.0 Å². The summed E-state index contributed by atoms with van der Waals surface area (Å²) in [4.78, 5) is 28.6. The number of carbonyl (C=O) groups excluding carboxylic acids is 2. The first-order valence-electron chi connectivity index (χ1n) is 13.1. The lowest BCUT2D eigenvalue weighted by atomic mass is 10.1. The third-order valence-electron chi connectivity index (χ3n) is 6.39. The van der Waals surface area contributed by atoms with Gasteiger partial charge in [-0.1, -0.05) is 68.8 Å². The minimum atomic E-state index is -4.19. The van der Waals surface area contributed by atoms with Gasteiger partial charge in [0.1, 0.15) is 18.4 Å². The molecule has 0 saturated heterocycles. The van der Waals surface area contributed by atoms with Gasteiger partial charge in [0.05, 0.1) is 10.6 Å². The average molecular weight is 588 g/mol. The van der Waals surface area contributed by atoms with Gasteiger partial charge in [0.15, 0.2) is 0 Å². The van der Waals surface area contributed by atoms with Crippen LogP contribution in [-0.2, 0) is 26.2 Å². The summed E-state index contributed by atoms with van der Waals surface area (Å²) in [5, 5.41) is 3.22. The lowest BCUT2D eigenvalue weighted by molar-refractivity contribution is -0.140. The molecule has 1 N–H and O–H groups in total. The van der Waals surface area contributed by atoms with Gasteiger partial charge in [0.2, 0.25) is 11.8 Å². The lowest BCUT2D eigenvalue weighted by Gasteiger charge is -2.33. The SMILES string of the molecule is CC[C@H](C(=O)NCC(C)C)N(Cc1ccc(F)cc1)C(=O)CN(c1ccc(C)c(Cl)c1)S(=O)(=O)c1ccccc1. The molecule has 0 radical (unpaired) electrons. The van der Waals surface area contributed by atoms with Crippen LogP contribution in [0.3, 0.4) is 0 Å². The topological polar surface area (TPSA) is 86.8 Å². The van der Waals surface area contributed by atoms with Crippen LogP contribution in [0, 0.1) is 18.7 Å². The highest BCUT2D eigenvalue weighted by Crippen LogP contribution is 2.28. The molecule has 3 rings (SSSR count). The van der Waals surface area contributed by atoms with E-state index in [0.717, 1.165) is 9.87 Å². The van der Waals surface area contributed by atoms with E-state index >= 15 is 0 Å². The Bertz CT molecular complexity index is 1420. The number of halogens is 2. The molecule has 0 aliphatic rings. The van der Waals surface area contributed by atoms with Crippen LogP contribution in [0.15, 0.2) is 77.7 Å². The Morgan fingerprint density at radius 2 is 1.65 bits per heavy atom. The molecule has 0 bridgehead atoms. The minimum Gasteiger partial charge on any atom is -0.354 e. The highest BCUT2D eigenvalue weighted by Gasteiger charge is 2.33. The number of nitrogens with zero attached hydrogens (tertiary/aromatic N) is 2. The van der Waals surface area contributed by atoms with Crippen molar-refractivity contribution in [3.63, 3.8) is 0 Å². The minimum absolute atomic E-state index is 0.00583. The molecule has 0 aromatic heterocycles. The molecule has 0 spiro atoms. The Morgan fingerprint density at radius 3 is 2.23 bits per heavy atom. The van der Waals surface area contributed by atoms with E-state index in [1.54, 1.807) is 44.2 Å². The molecule has 1 atom stereocenters. The third kappa shape index (κ3) is 7.82. The molecule has 10 heteroatoms. The molecule has 0 unspecified atom stereocenters. The van der Waals surface area contributed by atoms with E-state index < -0.39 is 34.3 Å². The Hall–Kier alpha value is -3.43. The first-order chi connectivity index (χ1) is 18.9. The van der Waals surface area contributed by atoms with Gasteiger partial charge in [-0.25, -0.2) is 12.8 Å². The monoisotopic (exact) mass is 587 g/mol. The van der Waals surface area contributed by atoms with Crippen molar-refractivity contribution in [3.8, 4) is 0 Å². The van der Waals surface area contributed by atoms with Crippen molar-refractivity contribution in [2.24, 2.45) is 5.92 Å². The number of rotatable bonds is 12. The number of carbonyl (C=O) groups is 2. The fourth-order valence-electron chi connectivity index (χ4n) is 4.11. The maximum absolute atomic E-state index is 14.0. The number of hydrogen-bond donors (Lipinski definition) is 1. The fourth-order valence-corrected chi connectivity index (χ4v) is 5.72. The van der Waals surface area contributed by atoms with E-state index in [2.05, 4.69) is 5.32 Å². The number of aryl methyl sites for hydroxylation is 1. The predicted octanol–water partition coefficient (Wildman–Crippen LogP) is 5.56. The number of sulfonamides is 1. The smallest absolute Gasteiger partial charge is 0.264 e. The zero-order valence-corrected chi connectivity index (χ0v) is 24.7. The summed E-state index contributed by atoms with van der Waals surface area (Å²) in [6.45, 7) is 7.32. The van der Waals surface area contributed by atoms with Crippen LogP contribution in [0.25, 0.3) is 0 Å². The first kappa shape index (κ1) is 31.1. The quantitative estimate of drug-likeness (QED) is 0.300. The van der Waals surface area contributed by atoms with Crippen LogP contribution in [0.4, 0.5) is 10.1 Å². The van der Waals surface area contributed by atoms with Crippen molar-refractivity contribution in [2.75, 3.05) is 17.4 Å². The number of benzene rings is 3. The van der Waals surface area contributed by atoms with Gasteiger partial charge in [0.25, 0.3) is 10.0 Å². The van der Waals surface area contributed by atoms with Crippen molar-refractivity contribution in [3.05, 3.63) is 94.8 Å². The molecule has 0 saturated carbocycles. The predicted molar refractivity (Wildman–Crippen MR) is 156 cm³/mol. The van der Waals surface area contributed by atoms with Crippen molar-refractivity contribution in [1.82, 2.24) is 10.2 Å². The fraction of sp³-hybridized carbons (Fsp3) is 0.333. The van der Waals surface area contributed by atoms with E-state index in [4.69, 9.17) is 11.6 Å². The number of amides is 2. The summed E-state index contributed by atoms with van der Waals surface area (Å²) in [5.41, 5.74) is 1.56. The highest BCUT2D eigenvalue weighted by atomic mass is 35.5. The summed E-state index contributed by atoms with van der Waals surface area (Å²) < 4.78 is 42.3. The maximum atomic E-state index is 14.0. The molecule has 0 aliphatic carbocycles. The van der Waals surface area contributed by atoms with Gasteiger partial charge < -0.3 is 10.2 Å². The Labute approximate surface area is 241 Å². The molecule has 3 aromatic carbocycles. The zero-order chi connectivity index (χ0) is 29.4. The van der Waals surface area contributed by atoms with Crippen LogP contribution in [0.5, 0.6) is 0 Å². The summed E-state index contributed by atoms with van der Waals surface area (Å²) in [5.74, 6) is -1.17. The molecule has 2 amide bonds. The van der Waals surface area contributed by atoms with Gasteiger partial charge >= 0.3 is 0 Å². The number of hydrogen-bond acceptors (Lipinski definition) is 4. The molecule has 7 nitrogen and oxygen atoms in total.